The first-order valence-electron chi connectivity index (χ1n) is 7.72. The lowest BCUT2D eigenvalue weighted by Crippen LogP contribution is -2.30. The lowest BCUT2D eigenvalue weighted by atomic mass is 10.1. The average Bonchev–Trinajstić information content (AvgIpc) is 3.03. The fraction of sp³-hybridized carbons (Fsp3) is 0.500. The maximum atomic E-state index is 5.91. The molecule has 1 heterocycles. The Hall–Kier alpha value is -1.27. The van der Waals surface area contributed by atoms with Crippen molar-refractivity contribution in [1.82, 2.24) is 10.7 Å². The Balaban J connectivity index is 0.00000264. The van der Waals surface area contributed by atoms with E-state index < -0.39 is 0 Å². The van der Waals surface area contributed by atoms with Gasteiger partial charge in [0.15, 0.2) is 0 Å². The molecule has 2 rings (SSSR count). The van der Waals surface area contributed by atoms with E-state index in [0.717, 1.165) is 53.6 Å². The van der Waals surface area contributed by atoms with E-state index in [0.29, 0.717) is 0 Å². The third-order valence-corrected chi connectivity index (χ3v) is 3.83. The van der Waals surface area contributed by atoms with E-state index >= 15 is 0 Å². The van der Waals surface area contributed by atoms with Gasteiger partial charge in [-0.2, -0.15) is 5.10 Å². The number of unbranched alkanes of at least 4 members (excludes halogenated alkanes) is 2. The molecule has 0 amide bonds. The number of hydrogen-bond acceptors (Lipinski definition) is 5. The van der Waals surface area contributed by atoms with Crippen molar-refractivity contribution in [2.24, 2.45) is 10.1 Å². The summed E-state index contributed by atoms with van der Waals surface area (Å²) in [6.07, 6.45) is 3.45. The van der Waals surface area contributed by atoms with Crippen LogP contribution in [0.4, 0.5) is 0 Å². The van der Waals surface area contributed by atoms with Gasteiger partial charge in [-0.05, 0) is 31.5 Å². The van der Waals surface area contributed by atoms with Crippen molar-refractivity contribution in [3.63, 3.8) is 0 Å². The number of rotatable bonds is 7. The number of guanidine groups is 1. The smallest absolute Gasteiger partial charge is 0.212 e. The molecule has 2 N–H and O–H groups in total. The van der Waals surface area contributed by atoms with Gasteiger partial charge in [-0.15, -0.1) is 12.4 Å². The van der Waals surface area contributed by atoms with E-state index in [1.165, 1.54) is 12.8 Å². The summed E-state index contributed by atoms with van der Waals surface area (Å²) in [6, 6.07) is 6.00. The van der Waals surface area contributed by atoms with Crippen molar-refractivity contribution in [3.8, 4) is 5.75 Å². The van der Waals surface area contributed by atoms with Crippen LogP contribution in [0.1, 0.15) is 38.7 Å². The summed E-state index contributed by atoms with van der Waals surface area (Å²) in [5, 5.41) is 7.52. The third-order valence-electron chi connectivity index (χ3n) is 3.34. The number of aliphatic imine (C=N–C) groups is 1. The SMILES string of the molecule is CCCCCOc1ccc(Br)cc1/C(C)=N/NC1=NCCN1.Cl. The molecular formula is C16H24BrClN4O. The Labute approximate surface area is 152 Å². The Morgan fingerprint density at radius 3 is 2.96 bits per heavy atom. The Morgan fingerprint density at radius 2 is 2.26 bits per heavy atom. The minimum atomic E-state index is 0. The lowest BCUT2D eigenvalue weighted by molar-refractivity contribution is 0.305. The molecule has 0 saturated carbocycles. The van der Waals surface area contributed by atoms with Crippen LogP contribution >= 0.6 is 28.3 Å². The first kappa shape index (κ1) is 19.8. The summed E-state index contributed by atoms with van der Waals surface area (Å²) in [6.45, 7) is 6.53. The summed E-state index contributed by atoms with van der Waals surface area (Å²) < 4.78 is 6.92. The van der Waals surface area contributed by atoms with Crippen molar-refractivity contribution in [1.29, 1.82) is 0 Å². The maximum absolute atomic E-state index is 5.91. The number of ether oxygens (including phenoxy) is 1. The zero-order valence-corrected chi connectivity index (χ0v) is 16.0. The predicted octanol–water partition coefficient (Wildman–Crippen LogP) is 3.71. The second-order valence-electron chi connectivity index (χ2n) is 5.16. The molecule has 23 heavy (non-hydrogen) atoms. The molecule has 0 aliphatic carbocycles. The lowest BCUT2D eigenvalue weighted by Gasteiger charge is -2.12. The van der Waals surface area contributed by atoms with E-state index in [9.17, 15) is 0 Å². The quantitative estimate of drug-likeness (QED) is 0.414. The largest absolute Gasteiger partial charge is 0.493 e. The van der Waals surface area contributed by atoms with Gasteiger partial charge in [-0.1, -0.05) is 35.7 Å². The fourth-order valence-electron chi connectivity index (χ4n) is 2.11. The first-order chi connectivity index (χ1) is 10.7. The van der Waals surface area contributed by atoms with Crippen LogP contribution < -0.4 is 15.5 Å². The van der Waals surface area contributed by atoms with E-state index in [1.807, 2.05) is 25.1 Å². The highest BCUT2D eigenvalue weighted by molar-refractivity contribution is 9.10. The van der Waals surface area contributed by atoms with Gasteiger partial charge < -0.3 is 10.1 Å². The topological polar surface area (TPSA) is 58.0 Å². The third kappa shape index (κ3) is 6.39. The van der Waals surface area contributed by atoms with Gasteiger partial charge in [0.25, 0.3) is 0 Å². The van der Waals surface area contributed by atoms with Crippen LogP contribution in [0.5, 0.6) is 5.75 Å². The highest BCUT2D eigenvalue weighted by Crippen LogP contribution is 2.24. The second kappa shape index (κ2) is 10.5. The second-order valence-corrected chi connectivity index (χ2v) is 6.08. The summed E-state index contributed by atoms with van der Waals surface area (Å²) in [7, 11) is 0. The zero-order valence-electron chi connectivity index (χ0n) is 13.6. The van der Waals surface area contributed by atoms with Crippen LogP contribution in [0.15, 0.2) is 32.8 Å². The molecule has 0 radical (unpaired) electrons. The normalized spacial score (nSPS) is 13.9. The Bertz CT molecular complexity index is 563. The number of nitrogens with one attached hydrogen (secondary N) is 2. The molecule has 0 saturated heterocycles. The number of hydrazone groups is 1. The zero-order chi connectivity index (χ0) is 15.8. The monoisotopic (exact) mass is 402 g/mol. The molecule has 0 atom stereocenters. The Kier molecular flexibility index (Phi) is 9.02. The average molecular weight is 404 g/mol. The highest BCUT2D eigenvalue weighted by Gasteiger charge is 2.09. The molecule has 0 aromatic heterocycles. The van der Waals surface area contributed by atoms with Crippen LogP contribution in [0.25, 0.3) is 0 Å². The molecule has 7 heteroatoms. The van der Waals surface area contributed by atoms with Gasteiger partial charge >= 0.3 is 0 Å². The molecule has 0 spiro atoms. The fourth-order valence-corrected chi connectivity index (χ4v) is 2.48. The summed E-state index contributed by atoms with van der Waals surface area (Å²) in [5.74, 6) is 1.59. The number of hydrogen-bond donors (Lipinski definition) is 2. The van der Waals surface area contributed by atoms with Gasteiger partial charge in [-0.3, -0.25) is 0 Å². The van der Waals surface area contributed by atoms with Crippen LogP contribution in [-0.2, 0) is 0 Å². The number of halogens is 2. The van der Waals surface area contributed by atoms with Gasteiger partial charge in [0.2, 0.25) is 5.96 Å². The van der Waals surface area contributed by atoms with Crippen molar-refractivity contribution < 1.29 is 4.74 Å². The van der Waals surface area contributed by atoms with Gasteiger partial charge in [-0.25, -0.2) is 10.4 Å². The minimum Gasteiger partial charge on any atom is -0.493 e. The highest BCUT2D eigenvalue weighted by atomic mass is 79.9. The first-order valence-corrected chi connectivity index (χ1v) is 8.51. The molecule has 128 valence electrons. The van der Waals surface area contributed by atoms with E-state index in [1.54, 1.807) is 0 Å². The molecule has 1 aromatic carbocycles. The van der Waals surface area contributed by atoms with Crippen LogP contribution in [-0.4, -0.2) is 31.4 Å². The molecule has 0 unspecified atom stereocenters. The van der Waals surface area contributed by atoms with Crippen molar-refractivity contribution in [2.45, 2.75) is 33.1 Å². The van der Waals surface area contributed by atoms with E-state index in [4.69, 9.17) is 4.74 Å². The predicted molar refractivity (Wildman–Crippen MR) is 102 cm³/mol. The van der Waals surface area contributed by atoms with Crippen molar-refractivity contribution >= 4 is 40.0 Å². The Morgan fingerprint density at radius 1 is 1.43 bits per heavy atom. The molecule has 5 nitrogen and oxygen atoms in total. The molecule has 1 aliphatic heterocycles. The molecule has 0 bridgehead atoms. The standard InChI is InChI=1S/C16H23BrN4O.ClH/c1-3-4-5-10-22-15-7-6-13(17)11-14(15)12(2)20-21-16-18-8-9-19-16;/h6-7,11H,3-5,8-10H2,1-2H3,(H2,18,19,21);1H/b20-12+;. The summed E-state index contributed by atoms with van der Waals surface area (Å²) in [5.41, 5.74) is 4.81. The van der Waals surface area contributed by atoms with Crippen LogP contribution in [0.3, 0.4) is 0 Å². The van der Waals surface area contributed by atoms with E-state index in [-0.39, 0.29) is 12.4 Å². The molecule has 1 aromatic rings. The molecule has 1 aliphatic rings. The minimum absolute atomic E-state index is 0. The van der Waals surface area contributed by atoms with Crippen molar-refractivity contribution in [2.75, 3.05) is 19.7 Å². The number of benzene rings is 1. The van der Waals surface area contributed by atoms with E-state index in [2.05, 4.69) is 43.7 Å². The number of nitrogens with zero attached hydrogens (tertiary/aromatic N) is 2. The summed E-state index contributed by atoms with van der Waals surface area (Å²) >= 11 is 3.51. The molecule has 0 fully saturated rings. The van der Waals surface area contributed by atoms with Gasteiger partial charge in [0, 0.05) is 16.6 Å². The maximum Gasteiger partial charge on any atom is 0.212 e. The van der Waals surface area contributed by atoms with Gasteiger partial charge in [0.05, 0.1) is 18.9 Å². The van der Waals surface area contributed by atoms with Gasteiger partial charge in [0.1, 0.15) is 5.75 Å². The van der Waals surface area contributed by atoms with Crippen molar-refractivity contribution in [3.05, 3.63) is 28.2 Å². The molecular weight excluding hydrogens is 380 g/mol. The van der Waals surface area contributed by atoms with Crippen LogP contribution in [0, 0.1) is 0 Å². The van der Waals surface area contributed by atoms with Crippen LogP contribution in [0.2, 0.25) is 0 Å². The summed E-state index contributed by atoms with van der Waals surface area (Å²) in [4.78, 5) is 4.26.